The summed E-state index contributed by atoms with van der Waals surface area (Å²) in [6.45, 7) is 4.41. The second kappa shape index (κ2) is 9.81. The summed E-state index contributed by atoms with van der Waals surface area (Å²) in [5, 5.41) is 11.9. The molecular weight excluding hydrogens is 328 g/mol. The molecule has 1 N–H and O–H groups in total. The van der Waals surface area contributed by atoms with E-state index >= 15 is 0 Å². The third-order valence-electron chi connectivity index (χ3n) is 4.88. The highest BCUT2D eigenvalue weighted by molar-refractivity contribution is 5.82. The van der Waals surface area contributed by atoms with E-state index in [0.717, 1.165) is 37.9 Å². The van der Waals surface area contributed by atoms with Crippen molar-refractivity contribution in [1.29, 1.82) is 5.26 Å². The van der Waals surface area contributed by atoms with Crippen LogP contribution in [-0.4, -0.2) is 54.8 Å². The van der Waals surface area contributed by atoms with Gasteiger partial charge in [-0.05, 0) is 43.5 Å². The Morgan fingerprint density at radius 3 is 2.50 bits per heavy atom. The zero-order valence-electron chi connectivity index (χ0n) is 15.7. The van der Waals surface area contributed by atoms with Gasteiger partial charge in [-0.3, -0.25) is 9.59 Å². The van der Waals surface area contributed by atoms with Gasteiger partial charge in [-0.2, -0.15) is 5.26 Å². The fourth-order valence-corrected chi connectivity index (χ4v) is 3.15. The fraction of sp³-hybridized carbons (Fsp3) is 0.550. The van der Waals surface area contributed by atoms with Crippen molar-refractivity contribution in [3.8, 4) is 6.07 Å². The Kier molecular flexibility index (Phi) is 7.46. The van der Waals surface area contributed by atoms with Crippen molar-refractivity contribution in [1.82, 2.24) is 9.80 Å². The molecule has 6 heteroatoms. The number of rotatable bonds is 7. The molecule has 2 rings (SSSR count). The van der Waals surface area contributed by atoms with Crippen molar-refractivity contribution in [2.24, 2.45) is 5.92 Å². The number of piperidine rings is 1. The molecule has 0 spiro atoms. The van der Waals surface area contributed by atoms with Gasteiger partial charge in [-0.1, -0.05) is 13.3 Å². The van der Waals surface area contributed by atoms with Gasteiger partial charge < -0.3 is 15.1 Å². The number of hydrogen-bond acceptors (Lipinski definition) is 4. The average Bonchev–Trinajstić information content (AvgIpc) is 2.70. The van der Waals surface area contributed by atoms with Crippen LogP contribution in [0, 0.1) is 17.2 Å². The summed E-state index contributed by atoms with van der Waals surface area (Å²) in [5.74, 6) is 0.285. The summed E-state index contributed by atoms with van der Waals surface area (Å²) in [6.07, 6.45) is 3.58. The first kappa shape index (κ1) is 19.8. The predicted molar refractivity (Wildman–Crippen MR) is 101 cm³/mol. The lowest BCUT2D eigenvalue weighted by Crippen LogP contribution is -2.45. The first-order chi connectivity index (χ1) is 12.5. The van der Waals surface area contributed by atoms with E-state index in [9.17, 15) is 9.59 Å². The highest BCUT2D eigenvalue weighted by Crippen LogP contribution is 2.20. The van der Waals surface area contributed by atoms with E-state index in [4.69, 9.17) is 5.26 Å². The predicted octanol–water partition coefficient (Wildman–Crippen LogP) is 2.47. The first-order valence-corrected chi connectivity index (χ1v) is 9.32. The second-order valence-corrected chi connectivity index (χ2v) is 6.81. The summed E-state index contributed by atoms with van der Waals surface area (Å²) in [4.78, 5) is 28.5. The van der Waals surface area contributed by atoms with Crippen LogP contribution in [0.3, 0.4) is 0 Å². The molecule has 0 saturated carbocycles. The molecule has 0 atom stereocenters. The Labute approximate surface area is 155 Å². The van der Waals surface area contributed by atoms with Gasteiger partial charge in [0.1, 0.15) is 0 Å². The average molecular weight is 356 g/mol. The van der Waals surface area contributed by atoms with Gasteiger partial charge in [0.2, 0.25) is 11.8 Å². The molecule has 1 aromatic rings. The third-order valence-corrected chi connectivity index (χ3v) is 4.88. The molecule has 1 aliphatic heterocycles. The Morgan fingerprint density at radius 1 is 1.27 bits per heavy atom. The highest BCUT2D eigenvalue weighted by atomic mass is 16.2. The molecule has 140 valence electrons. The van der Waals surface area contributed by atoms with Crippen LogP contribution >= 0.6 is 0 Å². The summed E-state index contributed by atoms with van der Waals surface area (Å²) in [7, 11) is 1.87. The topological polar surface area (TPSA) is 76.4 Å². The minimum atomic E-state index is 0.0346. The third kappa shape index (κ3) is 5.48. The minimum Gasteiger partial charge on any atom is -0.376 e. The molecule has 26 heavy (non-hydrogen) atoms. The second-order valence-electron chi connectivity index (χ2n) is 6.81. The van der Waals surface area contributed by atoms with Crippen molar-refractivity contribution < 1.29 is 9.59 Å². The SMILES string of the molecule is CCCCN(C)C(=O)C1CCN(C(=O)CNc2ccc(C#N)cc2)CC1. The van der Waals surface area contributed by atoms with Crippen LogP contribution in [0.4, 0.5) is 5.69 Å². The van der Waals surface area contributed by atoms with E-state index in [-0.39, 0.29) is 24.3 Å². The molecule has 1 fully saturated rings. The maximum Gasteiger partial charge on any atom is 0.241 e. The van der Waals surface area contributed by atoms with Crippen LogP contribution in [0.1, 0.15) is 38.2 Å². The van der Waals surface area contributed by atoms with Gasteiger partial charge >= 0.3 is 0 Å². The van der Waals surface area contributed by atoms with E-state index in [1.54, 1.807) is 24.3 Å². The number of amides is 2. The van der Waals surface area contributed by atoms with Crippen molar-refractivity contribution in [2.75, 3.05) is 38.5 Å². The van der Waals surface area contributed by atoms with E-state index < -0.39 is 0 Å². The number of nitrogens with zero attached hydrogens (tertiary/aromatic N) is 3. The van der Waals surface area contributed by atoms with Crippen LogP contribution < -0.4 is 5.32 Å². The number of unbranched alkanes of at least 4 members (excludes halogenated alkanes) is 1. The molecule has 0 radical (unpaired) electrons. The van der Waals surface area contributed by atoms with Crippen molar-refractivity contribution >= 4 is 17.5 Å². The van der Waals surface area contributed by atoms with E-state index in [2.05, 4.69) is 18.3 Å². The number of nitriles is 1. The molecule has 1 aromatic carbocycles. The normalized spacial score (nSPS) is 14.6. The van der Waals surface area contributed by atoms with Crippen LogP contribution in [-0.2, 0) is 9.59 Å². The Balaban J connectivity index is 1.75. The van der Waals surface area contributed by atoms with Crippen LogP contribution in [0.5, 0.6) is 0 Å². The summed E-state index contributed by atoms with van der Waals surface area (Å²) >= 11 is 0. The standard InChI is InChI=1S/C20H28N4O2/c1-3-4-11-23(2)20(26)17-9-12-24(13-10-17)19(25)15-22-18-7-5-16(14-21)6-8-18/h5-8,17,22H,3-4,9-13,15H2,1-2H3. The molecule has 1 heterocycles. The van der Waals surface area contributed by atoms with Crippen LogP contribution in [0.2, 0.25) is 0 Å². The molecule has 2 amide bonds. The zero-order valence-corrected chi connectivity index (χ0v) is 15.7. The smallest absolute Gasteiger partial charge is 0.241 e. The summed E-state index contributed by atoms with van der Waals surface area (Å²) in [5.41, 5.74) is 1.41. The van der Waals surface area contributed by atoms with Gasteiger partial charge in [0.15, 0.2) is 0 Å². The van der Waals surface area contributed by atoms with Crippen LogP contribution in [0.25, 0.3) is 0 Å². The Bertz CT molecular complexity index is 643. The minimum absolute atomic E-state index is 0.0346. The molecule has 0 bridgehead atoms. The fourth-order valence-electron chi connectivity index (χ4n) is 3.15. The van der Waals surface area contributed by atoms with Crippen molar-refractivity contribution in [2.45, 2.75) is 32.6 Å². The Hall–Kier alpha value is -2.55. The van der Waals surface area contributed by atoms with Gasteiger partial charge in [0.25, 0.3) is 0 Å². The van der Waals surface area contributed by atoms with E-state index in [1.807, 2.05) is 16.8 Å². The monoisotopic (exact) mass is 356 g/mol. The number of nitrogens with one attached hydrogen (secondary N) is 1. The number of carbonyl (C=O) groups excluding carboxylic acids is 2. The van der Waals surface area contributed by atoms with Gasteiger partial charge in [0.05, 0.1) is 18.2 Å². The lowest BCUT2D eigenvalue weighted by molar-refractivity contribution is -0.139. The maximum atomic E-state index is 12.4. The van der Waals surface area contributed by atoms with Gasteiger partial charge in [-0.25, -0.2) is 0 Å². The lowest BCUT2D eigenvalue weighted by Gasteiger charge is -2.33. The quantitative estimate of drug-likeness (QED) is 0.814. The van der Waals surface area contributed by atoms with Gasteiger partial charge in [0, 0.05) is 38.3 Å². The lowest BCUT2D eigenvalue weighted by atomic mass is 9.95. The molecular formula is C20H28N4O2. The van der Waals surface area contributed by atoms with Crippen LogP contribution in [0.15, 0.2) is 24.3 Å². The molecule has 1 aliphatic rings. The molecule has 0 aliphatic carbocycles. The largest absolute Gasteiger partial charge is 0.376 e. The Morgan fingerprint density at radius 2 is 1.92 bits per heavy atom. The highest BCUT2D eigenvalue weighted by Gasteiger charge is 2.28. The molecule has 0 aromatic heterocycles. The number of carbonyl (C=O) groups is 2. The first-order valence-electron chi connectivity index (χ1n) is 9.32. The number of anilines is 1. The van der Waals surface area contributed by atoms with Crippen molar-refractivity contribution in [3.05, 3.63) is 29.8 Å². The molecule has 0 unspecified atom stereocenters. The number of likely N-dealkylation sites (tertiary alicyclic amines) is 1. The number of benzene rings is 1. The maximum absolute atomic E-state index is 12.4. The van der Waals surface area contributed by atoms with Gasteiger partial charge in [-0.15, -0.1) is 0 Å². The van der Waals surface area contributed by atoms with Crippen molar-refractivity contribution in [3.63, 3.8) is 0 Å². The van der Waals surface area contributed by atoms with E-state index in [1.165, 1.54) is 0 Å². The zero-order chi connectivity index (χ0) is 18.9. The molecule has 1 saturated heterocycles. The number of hydrogen-bond donors (Lipinski definition) is 1. The van der Waals surface area contributed by atoms with E-state index in [0.29, 0.717) is 18.7 Å². The summed E-state index contributed by atoms with van der Waals surface area (Å²) < 4.78 is 0. The molecule has 6 nitrogen and oxygen atoms in total. The summed E-state index contributed by atoms with van der Waals surface area (Å²) in [6, 6.07) is 9.10.